The monoisotopic (exact) mass is 231 g/mol. The minimum Gasteiger partial charge on any atom is -0.545 e. The number of carboxylic acid groups (broad SMARTS) is 1. The molecule has 0 N–H and O–H groups in total. The van der Waals surface area contributed by atoms with Crippen LogP contribution < -0.4 is 5.11 Å². The van der Waals surface area contributed by atoms with Crippen LogP contribution in [0.25, 0.3) is 0 Å². The molecule has 0 unspecified atom stereocenters. The predicted octanol–water partition coefficient (Wildman–Crippen LogP) is 2.73. The molecule has 17 heavy (non-hydrogen) atoms. The molecule has 1 fully saturated rings. The van der Waals surface area contributed by atoms with Crippen molar-refractivity contribution in [3.8, 4) is 0 Å². The van der Waals surface area contributed by atoms with Gasteiger partial charge in [0.1, 0.15) is 0 Å². The Hall–Kier alpha value is -1.31. The number of aromatic carboxylic acids is 1. The van der Waals surface area contributed by atoms with Crippen LogP contribution in [0.2, 0.25) is 0 Å². The van der Waals surface area contributed by atoms with E-state index in [0.29, 0.717) is 5.92 Å². The summed E-state index contributed by atoms with van der Waals surface area (Å²) < 4.78 is 0. The van der Waals surface area contributed by atoms with Gasteiger partial charge in [-0.1, -0.05) is 37.6 Å². The van der Waals surface area contributed by atoms with Crippen LogP contribution in [0.1, 0.15) is 60.9 Å². The Bertz CT molecular complexity index is 372. The fraction of sp³-hybridized carbons (Fsp3) is 0.533. The molecule has 1 saturated carbocycles. The summed E-state index contributed by atoms with van der Waals surface area (Å²) in [6.45, 7) is 2.26. The van der Waals surface area contributed by atoms with Gasteiger partial charge in [-0.05, 0) is 48.6 Å². The number of carboxylic acids is 1. The third-order valence-corrected chi connectivity index (χ3v) is 4.04. The molecule has 2 heteroatoms. The van der Waals surface area contributed by atoms with Crippen molar-refractivity contribution in [1.29, 1.82) is 0 Å². The number of rotatable bonds is 3. The van der Waals surface area contributed by atoms with Crippen molar-refractivity contribution >= 4 is 5.97 Å². The highest BCUT2D eigenvalue weighted by Gasteiger charge is 2.20. The lowest BCUT2D eigenvalue weighted by Crippen LogP contribution is -2.22. The molecule has 2 rings (SSSR count). The van der Waals surface area contributed by atoms with E-state index in [9.17, 15) is 9.90 Å². The van der Waals surface area contributed by atoms with Crippen LogP contribution in [0, 0.1) is 5.92 Å². The third kappa shape index (κ3) is 2.87. The van der Waals surface area contributed by atoms with E-state index in [4.69, 9.17) is 0 Å². The first kappa shape index (κ1) is 12.2. The maximum Gasteiger partial charge on any atom is 0.0715 e. The van der Waals surface area contributed by atoms with Crippen molar-refractivity contribution in [3.63, 3.8) is 0 Å². The van der Waals surface area contributed by atoms with Crippen molar-refractivity contribution < 1.29 is 9.90 Å². The Morgan fingerprint density at radius 3 is 2.24 bits per heavy atom. The highest BCUT2D eigenvalue weighted by Crippen LogP contribution is 2.36. The molecule has 1 aromatic carbocycles. The molecule has 0 heterocycles. The molecule has 2 nitrogen and oxygen atoms in total. The molecular weight excluding hydrogens is 212 g/mol. The van der Waals surface area contributed by atoms with E-state index in [2.05, 4.69) is 6.92 Å². The molecule has 1 aromatic rings. The van der Waals surface area contributed by atoms with E-state index >= 15 is 0 Å². The highest BCUT2D eigenvalue weighted by molar-refractivity contribution is 5.85. The molecular formula is C15H19O2-. The number of hydrogen-bond donors (Lipinski definition) is 0. The first-order valence-corrected chi connectivity index (χ1v) is 6.52. The van der Waals surface area contributed by atoms with Gasteiger partial charge in [-0.15, -0.1) is 0 Å². The van der Waals surface area contributed by atoms with Gasteiger partial charge in [0.25, 0.3) is 0 Å². The summed E-state index contributed by atoms with van der Waals surface area (Å²) in [5.41, 5.74) is 1.56. The Kier molecular flexibility index (Phi) is 3.82. The number of carbonyl (C=O) groups excluding carboxylic acids is 1. The van der Waals surface area contributed by atoms with Gasteiger partial charge in [0.2, 0.25) is 0 Å². The summed E-state index contributed by atoms with van der Waals surface area (Å²) in [4.78, 5) is 10.7. The van der Waals surface area contributed by atoms with E-state index in [1.165, 1.54) is 37.7 Å². The summed E-state index contributed by atoms with van der Waals surface area (Å²) in [5, 5.41) is 10.7. The van der Waals surface area contributed by atoms with Gasteiger partial charge < -0.3 is 9.90 Å². The highest BCUT2D eigenvalue weighted by atomic mass is 16.4. The van der Waals surface area contributed by atoms with Crippen LogP contribution in [0.3, 0.4) is 0 Å². The molecule has 0 bridgehead atoms. The molecule has 0 atom stereocenters. The minimum absolute atomic E-state index is 0.274. The second-order valence-corrected chi connectivity index (χ2v) is 5.04. The zero-order chi connectivity index (χ0) is 12.3. The van der Waals surface area contributed by atoms with Crippen molar-refractivity contribution in [1.82, 2.24) is 0 Å². The molecule has 1 aliphatic carbocycles. The summed E-state index contributed by atoms with van der Waals surface area (Å²) in [7, 11) is 0. The van der Waals surface area contributed by atoms with Crippen LogP contribution >= 0.6 is 0 Å². The Morgan fingerprint density at radius 1 is 1.18 bits per heavy atom. The van der Waals surface area contributed by atoms with Gasteiger partial charge in [-0.25, -0.2) is 0 Å². The lowest BCUT2D eigenvalue weighted by molar-refractivity contribution is -0.255. The van der Waals surface area contributed by atoms with Crippen LogP contribution in [-0.2, 0) is 0 Å². The van der Waals surface area contributed by atoms with E-state index in [1.807, 2.05) is 12.1 Å². The Labute approximate surface area is 103 Å². The van der Waals surface area contributed by atoms with E-state index < -0.39 is 5.97 Å². The van der Waals surface area contributed by atoms with Crippen LogP contribution in [-0.4, -0.2) is 5.97 Å². The van der Waals surface area contributed by atoms with Crippen molar-refractivity contribution in [2.24, 2.45) is 5.92 Å². The average molecular weight is 231 g/mol. The standard InChI is InChI=1S/C15H20O2/c1-2-11-3-5-12(6-4-11)13-7-9-14(10-8-13)15(16)17/h7-12H,2-6H2,1H3,(H,16,17)/p-1. The van der Waals surface area contributed by atoms with Crippen molar-refractivity contribution in [2.75, 3.05) is 0 Å². The Balaban J connectivity index is 2.01. The summed E-state index contributed by atoms with van der Waals surface area (Å²) in [5.74, 6) is 0.425. The topological polar surface area (TPSA) is 40.1 Å². The third-order valence-electron chi connectivity index (χ3n) is 4.04. The second kappa shape index (κ2) is 5.35. The summed E-state index contributed by atoms with van der Waals surface area (Å²) in [6.07, 6.45) is 6.38. The summed E-state index contributed by atoms with van der Waals surface area (Å²) in [6, 6.07) is 7.22. The van der Waals surface area contributed by atoms with Crippen LogP contribution in [0.4, 0.5) is 0 Å². The fourth-order valence-corrected chi connectivity index (χ4v) is 2.80. The van der Waals surface area contributed by atoms with Crippen molar-refractivity contribution in [2.45, 2.75) is 44.9 Å². The molecule has 0 spiro atoms. The van der Waals surface area contributed by atoms with Gasteiger partial charge in [0.15, 0.2) is 0 Å². The van der Waals surface area contributed by atoms with Gasteiger partial charge in [-0.2, -0.15) is 0 Å². The number of hydrogen-bond acceptors (Lipinski definition) is 2. The van der Waals surface area contributed by atoms with Gasteiger partial charge >= 0.3 is 0 Å². The van der Waals surface area contributed by atoms with Gasteiger partial charge in [0, 0.05) is 0 Å². The first-order valence-electron chi connectivity index (χ1n) is 6.52. The second-order valence-electron chi connectivity index (χ2n) is 5.04. The maximum absolute atomic E-state index is 10.7. The molecule has 92 valence electrons. The normalized spacial score (nSPS) is 24.5. The largest absolute Gasteiger partial charge is 0.545 e. The van der Waals surface area contributed by atoms with Crippen molar-refractivity contribution in [3.05, 3.63) is 35.4 Å². The SMILES string of the molecule is CCC1CCC(c2ccc(C(=O)[O-])cc2)CC1. The minimum atomic E-state index is -1.09. The fourth-order valence-electron chi connectivity index (χ4n) is 2.80. The van der Waals surface area contributed by atoms with Gasteiger partial charge in [0.05, 0.1) is 5.97 Å². The lowest BCUT2D eigenvalue weighted by atomic mass is 9.78. The quantitative estimate of drug-likeness (QED) is 0.802. The first-order chi connectivity index (χ1) is 8.20. The zero-order valence-corrected chi connectivity index (χ0v) is 10.3. The molecule has 1 aliphatic rings. The molecule has 0 aromatic heterocycles. The van der Waals surface area contributed by atoms with E-state index in [0.717, 1.165) is 5.92 Å². The lowest BCUT2D eigenvalue weighted by Gasteiger charge is -2.28. The predicted molar refractivity (Wildman–Crippen MR) is 65.8 cm³/mol. The smallest absolute Gasteiger partial charge is 0.0715 e. The number of benzene rings is 1. The average Bonchev–Trinajstić information content (AvgIpc) is 2.39. The van der Waals surface area contributed by atoms with E-state index in [1.54, 1.807) is 12.1 Å². The molecule has 0 aliphatic heterocycles. The molecule has 0 radical (unpaired) electrons. The van der Waals surface area contributed by atoms with Crippen LogP contribution in [0.5, 0.6) is 0 Å². The molecule has 0 saturated heterocycles. The Morgan fingerprint density at radius 2 is 1.76 bits per heavy atom. The number of carbonyl (C=O) groups is 1. The van der Waals surface area contributed by atoms with Gasteiger partial charge in [-0.3, -0.25) is 0 Å². The van der Waals surface area contributed by atoms with Crippen LogP contribution in [0.15, 0.2) is 24.3 Å². The maximum atomic E-state index is 10.7. The summed E-state index contributed by atoms with van der Waals surface area (Å²) >= 11 is 0. The van der Waals surface area contributed by atoms with E-state index in [-0.39, 0.29) is 5.56 Å². The zero-order valence-electron chi connectivity index (χ0n) is 10.3. The molecule has 0 amide bonds.